The Hall–Kier alpha value is -0.380. The largest absolute Gasteiger partial charge is 0.390 e. The van der Waals surface area contributed by atoms with Crippen molar-refractivity contribution >= 4 is 0 Å². The van der Waals surface area contributed by atoms with Gasteiger partial charge < -0.3 is 14.9 Å². The van der Waals surface area contributed by atoms with Crippen LogP contribution in [0.2, 0.25) is 0 Å². The van der Waals surface area contributed by atoms with E-state index in [9.17, 15) is 10.2 Å². The highest BCUT2D eigenvalue weighted by Crippen LogP contribution is 2.46. The van der Waals surface area contributed by atoms with Crippen LogP contribution in [0.4, 0.5) is 0 Å². The standard InChI is InChI=1S/C15H26O3/c1-9(2)12-6-5-10(3)7-11(16)8-15(4)14(18-15)13(12)17/h7,9,11-14,16-17H,5-6,8H2,1-4H3. The number of epoxide rings is 1. The van der Waals surface area contributed by atoms with Crippen molar-refractivity contribution in [3.05, 3.63) is 11.6 Å². The maximum atomic E-state index is 10.5. The van der Waals surface area contributed by atoms with Gasteiger partial charge in [0.15, 0.2) is 0 Å². The minimum absolute atomic E-state index is 0.105. The molecule has 2 aliphatic rings. The number of hydrogen-bond acceptors (Lipinski definition) is 3. The Morgan fingerprint density at radius 3 is 2.67 bits per heavy atom. The van der Waals surface area contributed by atoms with Gasteiger partial charge in [0.1, 0.15) is 6.10 Å². The van der Waals surface area contributed by atoms with Crippen molar-refractivity contribution in [3.63, 3.8) is 0 Å². The highest BCUT2D eigenvalue weighted by Gasteiger charge is 2.58. The van der Waals surface area contributed by atoms with E-state index in [4.69, 9.17) is 4.74 Å². The second-order valence-corrected chi connectivity index (χ2v) is 6.57. The topological polar surface area (TPSA) is 53.0 Å². The van der Waals surface area contributed by atoms with Crippen LogP contribution < -0.4 is 0 Å². The first-order valence-corrected chi connectivity index (χ1v) is 7.05. The molecule has 3 nitrogen and oxygen atoms in total. The Bertz CT molecular complexity index is 337. The number of allylic oxidation sites excluding steroid dienone is 1. The second-order valence-electron chi connectivity index (χ2n) is 6.57. The molecule has 0 bridgehead atoms. The van der Waals surface area contributed by atoms with E-state index in [0.717, 1.165) is 12.8 Å². The number of aliphatic hydroxyl groups excluding tert-OH is 2. The number of hydrogen-bond donors (Lipinski definition) is 2. The van der Waals surface area contributed by atoms with Crippen LogP contribution in [-0.2, 0) is 4.74 Å². The molecule has 0 radical (unpaired) electrons. The summed E-state index contributed by atoms with van der Waals surface area (Å²) in [5.74, 6) is 0.723. The maximum absolute atomic E-state index is 10.5. The lowest BCUT2D eigenvalue weighted by molar-refractivity contribution is 0.0504. The minimum Gasteiger partial charge on any atom is -0.390 e. The third-order valence-electron chi connectivity index (χ3n) is 4.51. The molecule has 0 aromatic rings. The summed E-state index contributed by atoms with van der Waals surface area (Å²) in [6.07, 6.45) is 3.46. The zero-order chi connectivity index (χ0) is 13.5. The van der Waals surface area contributed by atoms with Crippen LogP contribution in [0.15, 0.2) is 11.6 Å². The molecule has 0 aromatic carbocycles. The fourth-order valence-electron chi connectivity index (χ4n) is 3.25. The summed E-state index contributed by atoms with van der Waals surface area (Å²) in [5.41, 5.74) is 0.864. The molecule has 0 amide bonds. The summed E-state index contributed by atoms with van der Waals surface area (Å²) in [4.78, 5) is 0. The minimum atomic E-state index is -0.456. The van der Waals surface area contributed by atoms with Crippen LogP contribution in [0.1, 0.15) is 47.0 Å². The molecular weight excluding hydrogens is 228 g/mol. The van der Waals surface area contributed by atoms with Gasteiger partial charge in [-0.05, 0) is 38.5 Å². The summed E-state index contributed by atoms with van der Waals surface area (Å²) < 4.78 is 5.70. The SMILES string of the molecule is CC1=CC(O)CC2(C)OC2C(O)C(C(C)C)CC1. The Balaban J connectivity index is 2.19. The Morgan fingerprint density at radius 2 is 2.06 bits per heavy atom. The van der Waals surface area contributed by atoms with Crippen molar-refractivity contribution < 1.29 is 14.9 Å². The number of ether oxygens (including phenoxy) is 1. The van der Waals surface area contributed by atoms with Gasteiger partial charge in [-0.2, -0.15) is 0 Å². The molecule has 1 aliphatic heterocycles. The molecule has 104 valence electrons. The molecule has 1 saturated heterocycles. The predicted molar refractivity (Wildman–Crippen MR) is 71.2 cm³/mol. The molecule has 2 rings (SSSR count). The summed E-state index contributed by atoms with van der Waals surface area (Å²) >= 11 is 0. The van der Waals surface area contributed by atoms with E-state index in [1.807, 2.05) is 13.0 Å². The summed E-state index contributed by atoms with van der Waals surface area (Å²) in [5, 5.41) is 20.5. The van der Waals surface area contributed by atoms with Gasteiger partial charge in [-0.1, -0.05) is 25.5 Å². The maximum Gasteiger partial charge on any atom is 0.113 e. The van der Waals surface area contributed by atoms with Crippen LogP contribution >= 0.6 is 0 Å². The zero-order valence-electron chi connectivity index (χ0n) is 11.9. The molecule has 2 N–H and O–H groups in total. The van der Waals surface area contributed by atoms with E-state index in [0.29, 0.717) is 12.3 Å². The van der Waals surface area contributed by atoms with Gasteiger partial charge in [0.05, 0.1) is 17.8 Å². The number of fused-ring (bicyclic) bond motifs is 1. The highest BCUT2D eigenvalue weighted by molar-refractivity contribution is 5.12. The Labute approximate surface area is 110 Å². The summed E-state index contributed by atoms with van der Waals surface area (Å²) in [7, 11) is 0. The Morgan fingerprint density at radius 1 is 1.39 bits per heavy atom. The smallest absolute Gasteiger partial charge is 0.113 e. The molecule has 18 heavy (non-hydrogen) atoms. The third kappa shape index (κ3) is 2.79. The molecule has 1 aliphatic carbocycles. The van der Waals surface area contributed by atoms with Crippen LogP contribution in [0.5, 0.6) is 0 Å². The van der Waals surface area contributed by atoms with Crippen LogP contribution in [-0.4, -0.2) is 34.1 Å². The van der Waals surface area contributed by atoms with Gasteiger partial charge in [0.25, 0.3) is 0 Å². The fraction of sp³-hybridized carbons (Fsp3) is 0.867. The highest BCUT2D eigenvalue weighted by atomic mass is 16.6. The molecule has 0 saturated carbocycles. The summed E-state index contributed by atoms with van der Waals surface area (Å²) in [6.45, 7) is 8.37. The first kappa shape index (κ1) is 14.0. The van der Waals surface area contributed by atoms with Gasteiger partial charge in [0.2, 0.25) is 0 Å². The van der Waals surface area contributed by atoms with Crippen molar-refractivity contribution in [3.8, 4) is 0 Å². The van der Waals surface area contributed by atoms with E-state index < -0.39 is 12.2 Å². The van der Waals surface area contributed by atoms with E-state index in [-0.39, 0.29) is 17.6 Å². The molecular formula is C15H26O3. The third-order valence-corrected chi connectivity index (χ3v) is 4.51. The van der Waals surface area contributed by atoms with Gasteiger partial charge in [-0.25, -0.2) is 0 Å². The van der Waals surface area contributed by atoms with Crippen molar-refractivity contribution in [2.75, 3.05) is 0 Å². The van der Waals surface area contributed by atoms with Gasteiger partial charge >= 0.3 is 0 Å². The molecule has 0 spiro atoms. The Kier molecular flexibility index (Phi) is 3.86. The van der Waals surface area contributed by atoms with Crippen molar-refractivity contribution in [2.24, 2.45) is 11.8 Å². The lowest BCUT2D eigenvalue weighted by Crippen LogP contribution is -2.35. The molecule has 0 aromatic heterocycles. The molecule has 5 unspecified atom stereocenters. The molecule has 1 fully saturated rings. The first-order valence-electron chi connectivity index (χ1n) is 7.05. The van der Waals surface area contributed by atoms with Gasteiger partial charge in [0, 0.05) is 6.42 Å². The fourth-order valence-corrected chi connectivity index (χ4v) is 3.25. The quantitative estimate of drug-likeness (QED) is 0.557. The van der Waals surface area contributed by atoms with E-state index in [2.05, 4.69) is 20.8 Å². The van der Waals surface area contributed by atoms with Crippen molar-refractivity contribution in [2.45, 2.75) is 70.9 Å². The zero-order valence-corrected chi connectivity index (χ0v) is 11.9. The average Bonchev–Trinajstić information content (AvgIpc) is 2.88. The van der Waals surface area contributed by atoms with Crippen LogP contribution in [0.25, 0.3) is 0 Å². The lowest BCUT2D eigenvalue weighted by atomic mass is 9.80. The second kappa shape index (κ2) is 4.95. The predicted octanol–water partition coefficient (Wildman–Crippen LogP) is 2.27. The molecule has 5 atom stereocenters. The van der Waals surface area contributed by atoms with Crippen LogP contribution in [0, 0.1) is 11.8 Å². The van der Waals surface area contributed by atoms with Gasteiger partial charge in [-0.15, -0.1) is 0 Å². The monoisotopic (exact) mass is 254 g/mol. The number of aliphatic hydroxyl groups is 2. The molecule has 3 heteroatoms. The van der Waals surface area contributed by atoms with E-state index in [1.165, 1.54) is 5.57 Å². The van der Waals surface area contributed by atoms with Crippen molar-refractivity contribution in [1.29, 1.82) is 0 Å². The lowest BCUT2D eigenvalue weighted by Gasteiger charge is -2.27. The van der Waals surface area contributed by atoms with Gasteiger partial charge in [-0.3, -0.25) is 0 Å². The average molecular weight is 254 g/mol. The first-order chi connectivity index (χ1) is 8.33. The van der Waals surface area contributed by atoms with Crippen LogP contribution in [0.3, 0.4) is 0 Å². The number of rotatable bonds is 1. The normalized spacial score (nSPS) is 45.4. The van der Waals surface area contributed by atoms with E-state index >= 15 is 0 Å². The molecule has 1 heterocycles. The summed E-state index contributed by atoms with van der Waals surface area (Å²) in [6, 6.07) is 0. The van der Waals surface area contributed by atoms with E-state index in [1.54, 1.807) is 0 Å². The van der Waals surface area contributed by atoms with Crippen molar-refractivity contribution in [1.82, 2.24) is 0 Å².